The van der Waals surface area contributed by atoms with E-state index < -0.39 is 0 Å². The van der Waals surface area contributed by atoms with Crippen LogP contribution in [0.2, 0.25) is 0 Å². The Morgan fingerprint density at radius 3 is 3.05 bits per heavy atom. The lowest BCUT2D eigenvalue weighted by Crippen LogP contribution is -2.56. The third-order valence-electron chi connectivity index (χ3n) is 4.24. The summed E-state index contributed by atoms with van der Waals surface area (Å²) in [5, 5.41) is 0. The lowest BCUT2D eigenvalue weighted by atomic mass is 9.99. The first-order valence-corrected chi connectivity index (χ1v) is 7.25. The Morgan fingerprint density at radius 1 is 1.30 bits per heavy atom. The Bertz CT molecular complexity index is 492. The number of hydrogen-bond acceptors (Lipinski definition) is 5. The number of fused-ring (bicyclic) bond motifs is 1. The third-order valence-corrected chi connectivity index (χ3v) is 4.24. The molecule has 2 saturated heterocycles. The zero-order valence-electron chi connectivity index (χ0n) is 11.6. The van der Waals surface area contributed by atoms with Crippen LogP contribution in [0.4, 0.5) is 5.82 Å². The van der Waals surface area contributed by atoms with Gasteiger partial charge >= 0.3 is 0 Å². The zero-order chi connectivity index (χ0) is 13.9. The fourth-order valence-corrected chi connectivity index (χ4v) is 3.14. The zero-order valence-corrected chi connectivity index (χ0v) is 11.6. The molecule has 0 aromatic carbocycles. The van der Waals surface area contributed by atoms with E-state index in [1.807, 2.05) is 4.90 Å². The molecule has 1 aromatic rings. The highest BCUT2D eigenvalue weighted by molar-refractivity contribution is 5.92. The number of rotatable bonds is 2. The Balaban J connectivity index is 1.70. The van der Waals surface area contributed by atoms with Crippen molar-refractivity contribution in [3.05, 3.63) is 23.9 Å². The predicted molar refractivity (Wildman–Crippen MR) is 77.2 cm³/mol. The highest BCUT2D eigenvalue weighted by Crippen LogP contribution is 2.22. The van der Waals surface area contributed by atoms with E-state index in [0.717, 1.165) is 19.6 Å². The standard InChI is InChI=1S/C14H21N5O/c15-17-13-6-3-5-12(16-13)14(20)19-9-8-18-7-2-1-4-11(18)10-19/h3,5-6,11H,1-2,4,7-10,15H2,(H,16,17). The number of carbonyl (C=O) groups excluding carboxylic acids is 1. The van der Waals surface area contributed by atoms with Crippen molar-refractivity contribution >= 4 is 11.7 Å². The number of piperidine rings is 1. The fourth-order valence-electron chi connectivity index (χ4n) is 3.14. The van der Waals surface area contributed by atoms with Crippen LogP contribution in [0.15, 0.2) is 18.2 Å². The summed E-state index contributed by atoms with van der Waals surface area (Å²) in [5.74, 6) is 5.87. The molecule has 108 valence electrons. The van der Waals surface area contributed by atoms with Crippen LogP contribution in [0, 0.1) is 0 Å². The summed E-state index contributed by atoms with van der Waals surface area (Å²) in [7, 11) is 0. The molecule has 0 spiro atoms. The Kier molecular flexibility index (Phi) is 3.84. The molecule has 2 aliphatic rings. The van der Waals surface area contributed by atoms with E-state index in [9.17, 15) is 4.79 Å². The fraction of sp³-hybridized carbons (Fsp3) is 0.571. The molecule has 0 aliphatic carbocycles. The van der Waals surface area contributed by atoms with Crippen LogP contribution in [-0.2, 0) is 0 Å². The van der Waals surface area contributed by atoms with E-state index in [1.165, 1.54) is 25.8 Å². The van der Waals surface area contributed by atoms with Crippen molar-refractivity contribution in [3.8, 4) is 0 Å². The Morgan fingerprint density at radius 2 is 2.20 bits per heavy atom. The molecule has 1 atom stereocenters. The molecule has 20 heavy (non-hydrogen) atoms. The molecule has 2 aliphatic heterocycles. The van der Waals surface area contributed by atoms with E-state index in [0.29, 0.717) is 17.6 Å². The number of aromatic nitrogens is 1. The predicted octanol–water partition coefficient (Wildman–Crippen LogP) is 0.677. The third kappa shape index (κ3) is 2.62. The molecule has 0 bridgehead atoms. The van der Waals surface area contributed by atoms with Crippen LogP contribution in [0.3, 0.4) is 0 Å². The van der Waals surface area contributed by atoms with Crippen molar-refractivity contribution in [2.45, 2.75) is 25.3 Å². The maximum absolute atomic E-state index is 12.5. The van der Waals surface area contributed by atoms with Gasteiger partial charge in [-0.1, -0.05) is 12.5 Å². The van der Waals surface area contributed by atoms with Gasteiger partial charge in [-0.05, 0) is 31.5 Å². The van der Waals surface area contributed by atoms with Crippen LogP contribution in [0.25, 0.3) is 0 Å². The Labute approximate surface area is 118 Å². The first kappa shape index (κ1) is 13.3. The Hall–Kier alpha value is -1.66. The maximum Gasteiger partial charge on any atom is 0.272 e. The van der Waals surface area contributed by atoms with Crippen molar-refractivity contribution < 1.29 is 4.79 Å². The van der Waals surface area contributed by atoms with Crippen LogP contribution >= 0.6 is 0 Å². The second-order valence-corrected chi connectivity index (χ2v) is 5.49. The first-order chi connectivity index (χ1) is 9.78. The van der Waals surface area contributed by atoms with E-state index in [4.69, 9.17) is 5.84 Å². The number of hydrazine groups is 1. The van der Waals surface area contributed by atoms with Gasteiger partial charge in [-0.15, -0.1) is 0 Å². The number of nitrogens with zero attached hydrogens (tertiary/aromatic N) is 3. The summed E-state index contributed by atoms with van der Waals surface area (Å²) in [4.78, 5) is 21.2. The van der Waals surface area contributed by atoms with Crippen LogP contribution in [-0.4, -0.2) is 52.9 Å². The van der Waals surface area contributed by atoms with Gasteiger partial charge in [0.2, 0.25) is 0 Å². The van der Waals surface area contributed by atoms with Gasteiger partial charge in [-0.2, -0.15) is 0 Å². The van der Waals surface area contributed by atoms with Crippen molar-refractivity contribution in [3.63, 3.8) is 0 Å². The number of pyridine rings is 1. The minimum Gasteiger partial charge on any atom is -0.334 e. The van der Waals surface area contributed by atoms with Crippen LogP contribution in [0.1, 0.15) is 29.8 Å². The minimum atomic E-state index is 0.00678. The molecule has 3 N–H and O–H groups in total. The number of piperazine rings is 1. The van der Waals surface area contributed by atoms with Gasteiger partial charge in [0.1, 0.15) is 11.5 Å². The molecule has 0 radical (unpaired) electrons. The van der Waals surface area contributed by atoms with Crippen molar-refractivity contribution in [2.24, 2.45) is 5.84 Å². The maximum atomic E-state index is 12.5. The summed E-state index contributed by atoms with van der Waals surface area (Å²) in [6.45, 7) is 3.76. The number of nitrogen functional groups attached to an aromatic ring is 1. The lowest BCUT2D eigenvalue weighted by Gasteiger charge is -2.43. The lowest BCUT2D eigenvalue weighted by molar-refractivity contribution is 0.0368. The highest BCUT2D eigenvalue weighted by atomic mass is 16.2. The number of carbonyl (C=O) groups is 1. The SMILES string of the molecule is NNc1cccc(C(=O)N2CCN3CCCCC3C2)n1. The average Bonchev–Trinajstić information content (AvgIpc) is 2.53. The van der Waals surface area contributed by atoms with Gasteiger partial charge < -0.3 is 10.3 Å². The van der Waals surface area contributed by atoms with Gasteiger partial charge in [-0.3, -0.25) is 9.69 Å². The smallest absolute Gasteiger partial charge is 0.272 e. The average molecular weight is 275 g/mol. The second kappa shape index (κ2) is 5.76. The van der Waals surface area contributed by atoms with E-state index >= 15 is 0 Å². The molecular weight excluding hydrogens is 254 g/mol. The van der Waals surface area contributed by atoms with E-state index in [1.54, 1.807) is 18.2 Å². The number of amides is 1. The molecular formula is C14H21N5O. The summed E-state index contributed by atoms with van der Waals surface area (Å²) in [6, 6.07) is 5.82. The molecule has 6 heteroatoms. The summed E-state index contributed by atoms with van der Waals surface area (Å²) < 4.78 is 0. The van der Waals surface area contributed by atoms with Gasteiger partial charge in [0.25, 0.3) is 5.91 Å². The molecule has 3 rings (SSSR count). The molecule has 2 fully saturated rings. The number of hydrogen-bond donors (Lipinski definition) is 2. The summed E-state index contributed by atoms with van der Waals surface area (Å²) >= 11 is 0. The number of nitrogens with two attached hydrogens (primary N) is 1. The molecule has 0 saturated carbocycles. The number of nitrogens with one attached hydrogen (secondary N) is 1. The summed E-state index contributed by atoms with van der Waals surface area (Å²) in [6.07, 6.45) is 3.76. The van der Waals surface area contributed by atoms with Crippen molar-refractivity contribution in [1.29, 1.82) is 0 Å². The largest absolute Gasteiger partial charge is 0.334 e. The van der Waals surface area contributed by atoms with Gasteiger partial charge in [-0.25, -0.2) is 10.8 Å². The normalized spacial score (nSPS) is 23.2. The van der Waals surface area contributed by atoms with E-state index in [-0.39, 0.29) is 5.91 Å². The van der Waals surface area contributed by atoms with Gasteiger partial charge in [0.05, 0.1) is 0 Å². The quantitative estimate of drug-likeness (QED) is 0.613. The monoisotopic (exact) mass is 275 g/mol. The van der Waals surface area contributed by atoms with E-state index in [2.05, 4.69) is 15.3 Å². The molecule has 1 amide bonds. The second-order valence-electron chi connectivity index (χ2n) is 5.49. The molecule has 1 aromatic heterocycles. The number of anilines is 1. The molecule has 3 heterocycles. The molecule has 1 unspecified atom stereocenters. The highest BCUT2D eigenvalue weighted by Gasteiger charge is 2.31. The van der Waals surface area contributed by atoms with Crippen molar-refractivity contribution in [2.75, 3.05) is 31.6 Å². The molecule has 6 nitrogen and oxygen atoms in total. The summed E-state index contributed by atoms with van der Waals surface area (Å²) in [5.41, 5.74) is 2.94. The van der Waals surface area contributed by atoms with Crippen LogP contribution < -0.4 is 11.3 Å². The first-order valence-electron chi connectivity index (χ1n) is 7.25. The topological polar surface area (TPSA) is 74.5 Å². The minimum absolute atomic E-state index is 0.00678. The van der Waals surface area contributed by atoms with Crippen LogP contribution in [0.5, 0.6) is 0 Å². The van der Waals surface area contributed by atoms with Gasteiger partial charge in [0, 0.05) is 25.7 Å². The van der Waals surface area contributed by atoms with Gasteiger partial charge in [0.15, 0.2) is 0 Å². The van der Waals surface area contributed by atoms with Crippen molar-refractivity contribution in [1.82, 2.24) is 14.8 Å².